The van der Waals surface area contributed by atoms with Gasteiger partial charge < -0.3 is 14.4 Å². The number of aromatic nitrogens is 3. The molecule has 0 radical (unpaired) electrons. The monoisotopic (exact) mass is 761 g/mol. The molecule has 0 atom stereocenters. The molecule has 274 valence electrons. The van der Waals surface area contributed by atoms with Crippen molar-refractivity contribution in [3.8, 4) is 27.9 Å². The van der Waals surface area contributed by atoms with Crippen LogP contribution in [0.1, 0.15) is 0 Å². The summed E-state index contributed by atoms with van der Waals surface area (Å²) in [6.07, 6.45) is 7.38. The van der Waals surface area contributed by atoms with Crippen LogP contribution >= 0.6 is 11.8 Å². The molecule has 11 rings (SSSR count). The second-order valence-electron chi connectivity index (χ2n) is 14.4. The molecule has 0 fully saturated rings. The number of pyridine rings is 2. The van der Waals surface area contributed by atoms with Crippen LogP contribution in [0.3, 0.4) is 0 Å². The molecule has 1 aliphatic heterocycles. The molecular formula is C52H35N5S. The van der Waals surface area contributed by atoms with E-state index in [-0.39, 0.29) is 0 Å². The summed E-state index contributed by atoms with van der Waals surface area (Å²) in [6.45, 7) is 0. The highest BCUT2D eigenvalue weighted by Gasteiger charge is 2.27. The topological polar surface area (TPSA) is 37.2 Å². The number of hydrogen-bond acceptors (Lipinski definition) is 5. The smallest absolute Gasteiger partial charge is 0.0601 e. The van der Waals surface area contributed by atoms with E-state index < -0.39 is 0 Å². The minimum absolute atomic E-state index is 1.04. The second-order valence-corrected chi connectivity index (χ2v) is 15.4. The van der Waals surface area contributed by atoms with Crippen LogP contribution in [0, 0.1) is 0 Å². The Balaban J connectivity index is 1.17. The standard InChI is InChI=1S/C52H35N5S/c1-3-11-47-45(9-1)46-10-2-4-12-48(46)56(47)43-33-42(34-44(35-43)57-49-13-5-7-15-51(49)58-52-16-8-6-14-50(52)57)55(40-21-17-36(18-22-40)38-25-29-53-30-26-38)41-23-19-37(20-24-41)39-27-31-54-32-28-39/h1-35H. The molecule has 4 heterocycles. The van der Waals surface area contributed by atoms with E-state index in [1.807, 2.05) is 36.5 Å². The Morgan fingerprint density at radius 2 is 0.810 bits per heavy atom. The predicted octanol–water partition coefficient (Wildman–Crippen LogP) is 14.3. The van der Waals surface area contributed by atoms with Gasteiger partial charge in [0.2, 0.25) is 0 Å². The Labute approximate surface area is 341 Å². The van der Waals surface area contributed by atoms with E-state index in [4.69, 9.17) is 0 Å². The molecule has 0 N–H and O–H groups in total. The molecule has 7 aromatic carbocycles. The van der Waals surface area contributed by atoms with Gasteiger partial charge in [0.25, 0.3) is 0 Å². The van der Waals surface area contributed by atoms with Crippen molar-refractivity contribution in [2.75, 3.05) is 9.80 Å². The molecular weight excluding hydrogens is 727 g/mol. The first kappa shape index (κ1) is 33.9. The lowest BCUT2D eigenvalue weighted by Crippen LogP contribution is -2.17. The highest BCUT2D eigenvalue weighted by Crippen LogP contribution is 2.52. The number of fused-ring (bicyclic) bond motifs is 5. The molecule has 0 amide bonds. The minimum Gasteiger partial charge on any atom is -0.310 e. The number of nitrogens with zero attached hydrogens (tertiary/aromatic N) is 5. The maximum absolute atomic E-state index is 4.25. The zero-order chi connectivity index (χ0) is 38.4. The first-order valence-corrected chi connectivity index (χ1v) is 20.2. The van der Waals surface area contributed by atoms with Gasteiger partial charge in [0, 0.05) is 56.7 Å². The minimum atomic E-state index is 1.04. The van der Waals surface area contributed by atoms with Crippen LogP contribution in [0.2, 0.25) is 0 Å². The van der Waals surface area contributed by atoms with Crippen molar-refractivity contribution < 1.29 is 0 Å². The molecule has 0 saturated carbocycles. The van der Waals surface area contributed by atoms with E-state index in [1.165, 1.54) is 20.6 Å². The lowest BCUT2D eigenvalue weighted by atomic mass is 10.0. The Morgan fingerprint density at radius 3 is 1.33 bits per heavy atom. The van der Waals surface area contributed by atoms with Gasteiger partial charge in [-0.1, -0.05) is 96.7 Å². The van der Waals surface area contributed by atoms with Gasteiger partial charge in [-0.2, -0.15) is 0 Å². The third-order valence-electron chi connectivity index (χ3n) is 11.0. The quantitative estimate of drug-likeness (QED) is 0.162. The van der Waals surface area contributed by atoms with Crippen LogP contribution in [0.15, 0.2) is 223 Å². The third-order valence-corrected chi connectivity index (χ3v) is 12.1. The first-order chi connectivity index (χ1) is 28.8. The molecule has 10 aromatic rings. The second kappa shape index (κ2) is 14.3. The van der Waals surface area contributed by atoms with Crippen LogP contribution in [0.4, 0.5) is 34.1 Å². The van der Waals surface area contributed by atoms with Crippen molar-refractivity contribution in [2.45, 2.75) is 9.79 Å². The van der Waals surface area contributed by atoms with Gasteiger partial charge in [-0.25, -0.2) is 0 Å². The lowest BCUT2D eigenvalue weighted by Gasteiger charge is -2.34. The maximum Gasteiger partial charge on any atom is 0.0601 e. The van der Waals surface area contributed by atoms with Gasteiger partial charge in [0.15, 0.2) is 0 Å². The van der Waals surface area contributed by atoms with Gasteiger partial charge in [-0.3, -0.25) is 9.97 Å². The SMILES string of the molecule is c1ccc2c(c1)Sc1ccccc1N2c1cc(N(c2ccc(-c3ccncc3)cc2)c2ccc(-c3ccncc3)cc2)cc(-n2c3ccccc3c3ccccc32)c1. The van der Waals surface area contributed by atoms with E-state index >= 15 is 0 Å². The van der Waals surface area contributed by atoms with Gasteiger partial charge in [0.05, 0.1) is 39.5 Å². The molecule has 5 nitrogen and oxygen atoms in total. The Kier molecular flexibility index (Phi) is 8.34. The van der Waals surface area contributed by atoms with E-state index in [1.54, 1.807) is 0 Å². The first-order valence-electron chi connectivity index (χ1n) is 19.4. The number of para-hydroxylation sites is 4. The maximum atomic E-state index is 4.25. The summed E-state index contributed by atoms with van der Waals surface area (Å²) in [5, 5.41) is 2.45. The number of hydrogen-bond donors (Lipinski definition) is 0. The number of anilines is 6. The van der Waals surface area contributed by atoms with E-state index in [2.05, 4.69) is 212 Å². The zero-order valence-corrected chi connectivity index (χ0v) is 32.2. The van der Waals surface area contributed by atoms with Gasteiger partial charge in [0.1, 0.15) is 0 Å². The summed E-state index contributed by atoms with van der Waals surface area (Å²) in [7, 11) is 0. The number of benzene rings is 7. The Bertz CT molecular complexity index is 2910. The highest BCUT2D eigenvalue weighted by atomic mass is 32.2. The van der Waals surface area contributed by atoms with Crippen molar-refractivity contribution >= 4 is 67.7 Å². The predicted molar refractivity (Wildman–Crippen MR) is 241 cm³/mol. The normalized spacial score (nSPS) is 12.0. The molecule has 0 saturated heterocycles. The van der Waals surface area contributed by atoms with Gasteiger partial charge >= 0.3 is 0 Å². The molecule has 0 bridgehead atoms. The fraction of sp³-hybridized carbons (Fsp3) is 0. The van der Waals surface area contributed by atoms with Crippen molar-refractivity contribution in [1.82, 2.24) is 14.5 Å². The van der Waals surface area contributed by atoms with Crippen molar-refractivity contribution in [2.24, 2.45) is 0 Å². The summed E-state index contributed by atoms with van der Waals surface area (Å²) < 4.78 is 2.42. The fourth-order valence-electron chi connectivity index (χ4n) is 8.29. The summed E-state index contributed by atoms with van der Waals surface area (Å²) in [5.41, 5.74) is 14.5. The largest absolute Gasteiger partial charge is 0.310 e. The Morgan fingerprint density at radius 1 is 0.379 bits per heavy atom. The van der Waals surface area contributed by atoms with E-state index in [0.717, 1.165) is 73.1 Å². The van der Waals surface area contributed by atoms with Gasteiger partial charge in [-0.15, -0.1) is 0 Å². The van der Waals surface area contributed by atoms with Crippen molar-refractivity contribution in [3.05, 3.63) is 213 Å². The average Bonchev–Trinajstić information content (AvgIpc) is 3.64. The average molecular weight is 762 g/mol. The molecule has 0 aliphatic carbocycles. The van der Waals surface area contributed by atoms with Crippen LogP contribution in [-0.2, 0) is 0 Å². The van der Waals surface area contributed by atoms with Crippen LogP contribution in [0.5, 0.6) is 0 Å². The zero-order valence-electron chi connectivity index (χ0n) is 31.4. The molecule has 6 heteroatoms. The summed E-state index contributed by atoms with van der Waals surface area (Å²) in [4.78, 5) is 15.7. The van der Waals surface area contributed by atoms with Crippen molar-refractivity contribution in [1.29, 1.82) is 0 Å². The van der Waals surface area contributed by atoms with Crippen LogP contribution < -0.4 is 9.80 Å². The number of rotatable bonds is 7. The molecule has 0 unspecified atom stereocenters. The summed E-state index contributed by atoms with van der Waals surface area (Å²) in [5.74, 6) is 0. The third kappa shape index (κ3) is 5.90. The van der Waals surface area contributed by atoms with Crippen molar-refractivity contribution in [3.63, 3.8) is 0 Å². The lowest BCUT2D eigenvalue weighted by molar-refractivity contribution is 1.13. The van der Waals surface area contributed by atoms with Gasteiger partial charge in [-0.05, 0) is 125 Å². The summed E-state index contributed by atoms with van der Waals surface area (Å²) in [6, 6.07) is 67.9. The fourth-order valence-corrected chi connectivity index (χ4v) is 9.35. The molecule has 0 spiro atoms. The summed E-state index contributed by atoms with van der Waals surface area (Å²) >= 11 is 1.82. The molecule has 58 heavy (non-hydrogen) atoms. The molecule has 1 aliphatic rings. The van der Waals surface area contributed by atoms with E-state index in [9.17, 15) is 0 Å². The van der Waals surface area contributed by atoms with E-state index in [0.29, 0.717) is 0 Å². The Hall–Kier alpha value is -7.41. The molecule has 3 aromatic heterocycles. The highest BCUT2D eigenvalue weighted by molar-refractivity contribution is 7.99. The van der Waals surface area contributed by atoms with Crippen LogP contribution in [0.25, 0.3) is 49.7 Å². The van der Waals surface area contributed by atoms with Crippen LogP contribution in [-0.4, -0.2) is 14.5 Å².